The van der Waals surface area contributed by atoms with Crippen molar-refractivity contribution in [3.05, 3.63) is 75.6 Å². The van der Waals surface area contributed by atoms with Crippen molar-refractivity contribution in [3.63, 3.8) is 0 Å². The SMILES string of the molecule is O=C(c1cn(-c2ccccc2Cl)nn1)N1CCN(c2ccc([N+](=O)[O-])cc2)CC1. The molecule has 10 heteroatoms. The first kappa shape index (κ1) is 18.9. The third-order valence-corrected chi connectivity index (χ3v) is 5.12. The average Bonchev–Trinajstić information content (AvgIpc) is 3.24. The molecule has 3 aromatic rings. The number of aromatic nitrogens is 3. The highest BCUT2D eigenvalue weighted by molar-refractivity contribution is 6.32. The fourth-order valence-corrected chi connectivity index (χ4v) is 3.45. The highest BCUT2D eigenvalue weighted by Gasteiger charge is 2.25. The number of non-ortho nitro benzene ring substituents is 1. The van der Waals surface area contributed by atoms with Crippen molar-refractivity contribution in [1.29, 1.82) is 0 Å². The summed E-state index contributed by atoms with van der Waals surface area (Å²) < 4.78 is 1.49. The van der Waals surface area contributed by atoms with Gasteiger partial charge in [-0.3, -0.25) is 14.9 Å². The Morgan fingerprint density at radius 2 is 1.72 bits per heavy atom. The molecule has 0 radical (unpaired) electrons. The number of anilines is 1. The molecule has 0 atom stereocenters. The van der Waals surface area contributed by atoms with Gasteiger partial charge in [0, 0.05) is 44.0 Å². The van der Waals surface area contributed by atoms with Gasteiger partial charge >= 0.3 is 0 Å². The highest BCUT2D eigenvalue weighted by atomic mass is 35.5. The van der Waals surface area contributed by atoms with Crippen LogP contribution in [0.2, 0.25) is 5.02 Å². The van der Waals surface area contributed by atoms with Crippen molar-refractivity contribution in [2.45, 2.75) is 0 Å². The predicted octanol–water partition coefficient (Wildman–Crippen LogP) is 2.79. The fraction of sp³-hybridized carbons (Fsp3) is 0.211. The molecule has 148 valence electrons. The average molecular weight is 413 g/mol. The van der Waals surface area contributed by atoms with Crippen LogP contribution >= 0.6 is 11.6 Å². The van der Waals surface area contributed by atoms with Crippen LogP contribution in [0.4, 0.5) is 11.4 Å². The van der Waals surface area contributed by atoms with E-state index < -0.39 is 4.92 Å². The van der Waals surface area contributed by atoms with E-state index in [4.69, 9.17) is 11.6 Å². The summed E-state index contributed by atoms with van der Waals surface area (Å²) in [6.07, 6.45) is 1.58. The maximum Gasteiger partial charge on any atom is 0.276 e. The zero-order valence-corrected chi connectivity index (χ0v) is 16.1. The number of nitro groups is 1. The minimum atomic E-state index is -0.420. The van der Waals surface area contributed by atoms with Gasteiger partial charge in [-0.2, -0.15) is 0 Å². The number of amides is 1. The molecule has 1 aliphatic heterocycles. The van der Waals surface area contributed by atoms with Crippen LogP contribution in [0.1, 0.15) is 10.5 Å². The van der Waals surface area contributed by atoms with Crippen LogP contribution in [-0.4, -0.2) is 56.9 Å². The molecule has 0 N–H and O–H groups in total. The summed E-state index contributed by atoms with van der Waals surface area (Å²) in [5.41, 5.74) is 1.87. The largest absolute Gasteiger partial charge is 0.368 e. The van der Waals surface area contributed by atoms with Crippen molar-refractivity contribution < 1.29 is 9.72 Å². The van der Waals surface area contributed by atoms with E-state index in [9.17, 15) is 14.9 Å². The van der Waals surface area contributed by atoms with E-state index in [0.29, 0.717) is 36.9 Å². The molecule has 2 heterocycles. The van der Waals surface area contributed by atoms with Crippen LogP contribution in [0, 0.1) is 10.1 Å². The minimum Gasteiger partial charge on any atom is -0.368 e. The Morgan fingerprint density at radius 3 is 2.38 bits per heavy atom. The van der Waals surface area contributed by atoms with E-state index in [1.54, 1.807) is 35.4 Å². The Kier molecular flexibility index (Phi) is 5.13. The normalized spacial score (nSPS) is 14.1. The van der Waals surface area contributed by atoms with Crippen LogP contribution in [0.3, 0.4) is 0 Å². The number of halogens is 1. The number of carbonyl (C=O) groups excluding carboxylic acids is 1. The van der Waals surface area contributed by atoms with Gasteiger partial charge in [0.25, 0.3) is 11.6 Å². The smallest absolute Gasteiger partial charge is 0.276 e. The molecule has 0 saturated carbocycles. The number of para-hydroxylation sites is 1. The fourth-order valence-electron chi connectivity index (χ4n) is 3.23. The molecule has 9 nitrogen and oxygen atoms in total. The Labute approximate surface area is 171 Å². The molecule has 1 fully saturated rings. The number of nitrogens with zero attached hydrogens (tertiary/aromatic N) is 6. The molecule has 1 aromatic heterocycles. The zero-order chi connectivity index (χ0) is 20.4. The summed E-state index contributed by atoms with van der Waals surface area (Å²) in [4.78, 5) is 27.0. The van der Waals surface area contributed by atoms with Gasteiger partial charge < -0.3 is 9.80 Å². The number of hydrogen-bond acceptors (Lipinski definition) is 6. The summed E-state index contributed by atoms with van der Waals surface area (Å²) >= 11 is 6.17. The molecular weight excluding hydrogens is 396 g/mol. The predicted molar refractivity (Wildman–Crippen MR) is 108 cm³/mol. The summed E-state index contributed by atoms with van der Waals surface area (Å²) in [6, 6.07) is 13.6. The van der Waals surface area contributed by atoms with Crippen LogP contribution in [0.25, 0.3) is 5.69 Å². The second kappa shape index (κ2) is 7.88. The second-order valence-electron chi connectivity index (χ2n) is 6.55. The number of rotatable bonds is 4. The summed E-state index contributed by atoms with van der Waals surface area (Å²) in [7, 11) is 0. The van der Waals surface area contributed by atoms with Gasteiger partial charge in [-0.1, -0.05) is 28.9 Å². The maximum atomic E-state index is 12.8. The highest BCUT2D eigenvalue weighted by Crippen LogP contribution is 2.22. The molecule has 1 aliphatic rings. The van der Waals surface area contributed by atoms with Crippen molar-refractivity contribution in [2.75, 3.05) is 31.1 Å². The zero-order valence-electron chi connectivity index (χ0n) is 15.3. The molecule has 1 amide bonds. The van der Waals surface area contributed by atoms with Gasteiger partial charge in [0.15, 0.2) is 5.69 Å². The van der Waals surface area contributed by atoms with Crippen LogP contribution in [0.5, 0.6) is 0 Å². The molecule has 0 spiro atoms. The lowest BCUT2D eigenvalue weighted by atomic mass is 10.2. The number of benzene rings is 2. The lowest BCUT2D eigenvalue weighted by Crippen LogP contribution is -2.48. The van der Waals surface area contributed by atoms with E-state index in [0.717, 1.165) is 5.69 Å². The quantitative estimate of drug-likeness (QED) is 0.482. The molecule has 29 heavy (non-hydrogen) atoms. The summed E-state index contributed by atoms with van der Waals surface area (Å²) in [6.45, 7) is 2.30. The molecule has 1 saturated heterocycles. The molecule has 0 aliphatic carbocycles. The first-order valence-electron chi connectivity index (χ1n) is 8.99. The van der Waals surface area contributed by atoms with Gasteiger partial charge in [0.1, 0.15) is 0 Å². The van der Waals surface area contributed by atoms with Gasteiger partial charge in [0.05, 0.1) is 21.8 Å². The van der Waals surface area contributed by atoms with E-state index in [-0.39, 0.29) is 17.3 Å². The second-order valence-corrected chi connectivity index (χ2v) is 6.96. The molecule has 2 aromatic carbocycles. The van der Waals surface area contributed by atoms with Crippen LogP contribution < -0.4 is 4.90 Å². The van der Waals surface area contributed by atoms with Crippen LogP contribution in [-0.2, 0) is 0 Å². The number of carbonyl (C=O) groups is 1. The summed E-state index contributed by atoms with van der Waals surface area (Å²) in [5.74, 6) is -0.188. The Hall–Kier alpha value is -3.46. The van der Waals surface area contributed by atoms with E-state index >= 15 is 0 Å². The first-order chi connectivity index (χ1) is 14.0. The lowest BCUT2D eigenvalue weighted by Gasteiger charge is -2.35. The van der Waals surface area contributed by atoms with E-state index in [2.05, 4.69) is 15.2 Å². The van der Waals surface area contributed by atoms with E-state index in [1.165, 1.54) is 16.8 Å². The third-order valence-electron chi connectivity index (χ3n) is 4.80. The Balaban J connectivity index is 1.40. The van der Waals surface area contributed by atoms with Crippen molar-refractivity contribution in [2.24, 2.45) is 0 Å². The standard InChI is InChI=1S/C19H17ClN6O3/c20-16-3-1-2-4-18(16)25-13-17(21-22-25)19(27)24-11-9-23(10-12-24)14-5-7-15(8-6-14)26(28)29/h1-8,13H,9-12H2. The van der Waals surface area contributed by atoms with Gasteiger partial charge in [-0.25, -0.2) is 4.68 Å². The van der Waals surface area contributed by atoms with Gasteiger partial charge in [-0.05, 0) is 24.3 Å². The van der Waals surface area contributed by atoms with Crippen LogP contribution in [0.15, 0.2) is 54.7 Å². The number of hydrogen-bond donors (Lipinski definition) is 0. The monoisotopic (exact) mass is 412 g/mol. The number of piperazine rings is 1. The van der Waals surface area contributed by atoms with Crippen molar-refractivity contribution >= 4 is 28.9 Å². The Bertz CT molecular complexity index is 1040. The van der Waals surface area contributed by atoms with Gasteiger partial charge in [0.2, 0.25) is 0 Å². The lowest BCUT2D eigenvalue weighted by molar-refractivity contribution is -0.384. The first-order valence-corrected chi connectivity index (χ1v) is 9.36. The third kappa shape index (κ3) is 3.90. The summed E-state index contributed by atoms with van der Waals surface area (Å²) in [5, 5.41) is 19.3. The number of nitro benzene ring substituents is 1. The van der Waals surface area contributed by atoms with Crippen molar-refractivity contribution in [3.8, 4) is 5.69 Å². The van der Waals surface area contributed by atoms with Crippen molar-refractivity contribution in [1.82, 2.24) is 19.9 Å². The topological polar surface area (TPSA) is 97.4 Å². The molecule has 4 rings (SSSR count). The maximum absolute atomic E-state index is 12.8. The van der Waals surface area contributed by atoms with E-state index in [1.807, 2.05) is 12.1 Å². The Morgan fingerprint density at radius 1 is 1.03 bits per heavy atom. The van der Waals surface area contributed by atoms with Gasteiger partial charge in [-0.15, -0.1) is 5.10 Å². The molecule has 0 bridgehead atoms. The molecule has 0 unspecified atom stereocenters. The minimum absolute atomic E-state index is 0.0594. The molecular formula is C19H17ClN6O3.